The fraction of sp³-hybridized carbons (Fsp3) is 0.208. The maximum atomic E-state index is 13.1. The molecule has 0 saturated heterocycles. The van der Waals surface area contributed by atoms with Crippen molar-refractivity contribution in [1.29, 1.82) is 0 Å². The van der Waals surface area contributed by atoms with E-state index in [1.54, 1.807) is 31.3 Å². The Morgan fingerprint density at radius 1 is 1.03 bits per heavy atom. The Labute approximate surface area is 204 Å². The summed E-state index contributed by atoms with van der Waals surface area (Å²) >= 11 is 0. The van der Waals surface area contributed by atoms with Gasteiger partial charge >= 0.3 is 18.2 Å². The van der Waals surface area contributed by atoms with Crippen LogP contribution in [0.5, 0.6) is 17.2 Å². The molecule has 0 fully saturated rings. The number of anilines is 1. The molecule has 1 heterocycles. The number of halogens is 3. The molecule has 0 aliphatic rings. The standard InChI is InChI=1S/C24H23F3N4O5/c1-28-10-11-35-21-7-4-16(24(25,26)27)12-19(21)31-23(34)30-14-15-2-5-17(6-3-15)36-18-8-9-29-20(13-18)22(32)33/h2-9,12-13,28H,10-11,14H2,1H3,(H,32,33)(H2,30,31,34). The van der Waals surface area contributed by atoms with Crippen LogP contribution in [0, 0.1) is 0 Å². The number of hydrogen-bond donors (Lipinski definition) is 4. The lowest BCUT2D eigenvalue weighted by Gasteiger charge is -2.16. The number of benzene rings is 2. The third kappa shape index (κ3) is 7.60. The predicted molar refractivity (Wildman–Crippen MR) is 124 cm³/mol. The van der Waals surface area contributed by atoms with E-state index in [2.05, 4.69) is 20.9 Å². The van der Waals surface area contributed by atoms with Crippen LogP contribution in [0.1, 0.15) is 21.6 Å². The number of carboxylic acid groups (broad SMARTS) is 1. The van der Waals surface area contributed by atoms with E-state index in [0.29, 0.717) is 23.6 Å². The van der Waals surface area contributed by atoms with Crippen molar-refractivity contribution in [2.45, 2.75) is 12.7 Å². The molecule has 12 heteroatoms. The van der Waals surface area contributed by atoms with Crippen LogP contribution in [0.3, 0.4) is 0 Å². The van der Waals surface area contributed by atoms with Crippen molar-refractivity contribution in [3.05, 3.63) is 77.6 Å². The summed E-state index contributed by atoms with van der Waals surface area (Å²) in [5, 5.41) is 16.8. The zero-order valence-electron chi connectivity index (χ0n) is 19.1. The molecule has 0 unspecified atom stereocenters. The van der Waals surface area contributed by atoms with Gasteiger partial charge in [0.05, 0.1) is 11.3 Å². The molecule has 2 amide bonds. The van der Waals surface area contributed by atoms with Gasteiger partial charge in [-0.1, -0.05) is 12.1 Å². The topological polar surface area (TPSA) is 122 Å². The van der Waals surface area contributed by atoms with E-state index in [0.717, 1.165) is 18.2 Å². The van der Waals surface area contributed by atoms with E-state index < -0.39 is 23.7 Å². The van der Waals surface area contributed by atoms with E-state index in [-0.39, 0.29) is 30.3 Å². The Bertz CT molecular complexity index is 1200. The van der Waals surface area contributed by atoms with Crippen molar-refractivity contribution >= 4 is 17.7 Å². The number of pyridine rings is 1. The van der Waals surface area contributed by atoms with Gasteiger partial charge in [0.25, 0.3) is 0 Å². The molecular formula is C24H23F3N4O5. The van der Waals surface area contributed by atoms with Gasteiger partial charge in [-0.25, -0.2) is 14.6 Å². The first kappa shape index (κ1) is 26.3. The predicted octanol–water partition coefficient (Wildman–Crippen LogP) is 4.51. The molecule has 1 aromatic heterocycles. The number of aromatic nitrogens is 1. The molecule has 0 aliphatic heterocycles. The highest BCUT2D eigenvalue weighted by Gasteiger charge is 2.31. The lowest BCUT2D eigenvalue weighted by atomic mass is 10.1. The van der Waals surface area contributed by atoms with Gasteiger partial charge in [-0.3, -0.25) is 0 Å². The van der Waals surface area contributed by atoms with E-state index in [9.17, 15) is 22.8 Å². The zero-order valence-corrected chi connectivity index (χ0v) is 19.1. The van der Waals surface area contributed by atoms with Crippen LogP contribution in [-0.4, -0.2) is 42.3 Å². The SMILES string of the molecule is CNCCOc1ccc(C(F)(F)F)cc1NC(=O)NCc1ccc(Oc2ccnc(C(=O)O)c2)cc1. The largest absolute Gasteiger partial charge is 0.490 e. The van der Waals surface area contributed by atoms with Crippen molar-refractivity contribution in [2.24, 2.45) is 0 Å². The number of carbonyl (C=O) groups is 2. The van der Waals surface area contributed by atoms with Crippen LogP contribution in [0.4, 0.5) is 23.7 Å². The van der Waals surface area contributed by atoms with Gasteiger partial charge in [0.1, 0.15) is 23.9 Å². The first-order valence-corrected chi connectivity index (χ1v) is 10.7. The lowest BCUT2D eigenvalue weighted by molar-refractivity contribution is -0.137. The fourth-order valence-electron chi connectivity index (χ4n) is 2.94. The molecule has 0 radical (unpaired) electrons. The highest BCUT2D eigenvalue weighted by atomic mass is 19.4. The Kier molecular flexibility index (Phi) is 8.68. The smallest absolute Gasteiger partial charge is 0.416 e. The van der Waals surface area contributed by atoms with Gasteiger partial charge in [-0.15, -0.1) is 0 Å². The van der Waals surface area contributed by atoms with E-state index in [1.165, 1.54) is 18.3 Å². The zero-order chi connectivity index (χ0) is 26.1. The highest BCUT2D eigenvalue weighted by Crippen LogP contribution is 2.35. The summed E-state index contributed by atoms with van der Waals surface area (Å²) in [7, 11) is 1.70. The van der Waals surface area contributed by atoms with Crippen LogP contribution < -0.4 is 25.4 Å². The van der Waals surface area contributed by atoms with Gasteiger partial charge in [0.15, 0.2) is 5.69 Å². The summed E-state index contributed by atoms with van der Waals surface area (Å²) in [6, 6.07) is 11.5. The van der Waals surface area contributed by atoms with E-state index in [4.69, 9.17) is 14.6 Å². The van der Waals surface area contributed by atoms with E-state index >= 15 is 0 Å². The van der Waals surface area contributed by atoms with Crippen LogP contribution in [0.15, 0.2) is 60.8 Å². The average molecular weight is 504 g/mol. The normalized spacial score (nSPS) is 11.0. The number of nitrogens with zero attached hydrogens (tertiary/aromatic N) is 1. The minimum absolute atomic E-state index is 0.0828. The second-order valence-corrected chi connectivity index (χ2v) is 7.40. The number of carbonyl (C=O) groups excluding carboxylic acids is 1. The Hall–Kier alpha value is -4.32. The minimum Gasteiger partial charge on any atom is -0.490 e. The van der Waals surface area contributed by atoms with Gasteiger partial charge < -0.3 is 30.5 Å². The van der Waals surface area contributed by atoms with Crippen LogP contribution >= 0.6 is 0 Å². The first-order valence-electron chi connectivity index (χ1n) is 10.7. The van der Waals surface area contributed by atoms with Gasteiger partial charge in [-0.05, 0) is 49.0 Å². The number of likely N-dealkylation sites (N-methyl/N-ethyl adjacent to an activating group) is 1. The molecule has 3 aromatic rings. The van der Waals surface area contributed by atoms with E-state index in [1.807, 2.05) is 0 Å². The molecule has 4 N–H and O–H groups in total. The summed E-state index contributed by atoms with van der Waals surface area (Å²) in [5.41, 5.74) is -0.497. The van der Waals surface area contributed by atoms with Gasteiger partial charge in [0.2, 0.25) is 0 Å². The first-order chi connectivity index (χ1) is 17.2. The molecular weight excluding hydrogens is 481 g/mol. The molecule has 0 bridgehead atoms. The minimum atomic E-state index is -4.58. The van der Waals surface area contributed by atoms with Crippen molar-refractivity contribution in [2.75, 3.05) is 25.5 Å². The molecule has 36 heavy (non-hydrogen) atoms. The summed E-state index contributed by atoms with van der Waals surface area (Å²) in [6.07, 6.45) is -3.26. The third-order valence-electron chi connectivity index (χ3n) is 4.73. The summed E-state index contributed by atoms with van der Waals surface area (Å²) in [4.78, 5) is 27.1. The number of carboxylic acids is 1. The number of nitrogens with one attached hydrogen (secondary N) is 3. The average Bonchev–Trinajstić information content (AvgIpc) is 2.84. The maximum Gasteiger partial charge on any atom is 0.416 e. The van der Waals surface area contributed by atoms with Crippen molar-refractivity contribution in [3.63, 3.8) is 0 Å². The monoisotopic (exact) mass is 504 g/mol. The Morgan fingerprint density at radius 2 is 1.78 bits per heavy atom. The molecule has 0 atom stereocenters. The third-order valence-corrected chi connectivity index (χ3v) is 4.73. The van der Waals surface area contributed by atoms with Crippen LogP contribution in [0.2, 0.25) is 0 Å². The second-order valence-electron chi connectivity index (χ2n) is 7.40. The second kappa shape index (κ2) is 11.9. The van der Waals surface area contributed by atoms with Crippen molar-refractivity contribution in [3.8, 4) is 17.2 Å². The van der Waals surface area contributed by atoms with Gasteiger partial charge in [0, 0.05) is 25.4 Å². The lowest BCUT2D eigenvalue weighted by Crippen LogP contribution is -2.28. The molecule has 0 aliphatic carbocycles. The number of amides is 2. The molecule has 0 spiro atoms. The number of rotatable bonds is 10. The molecule has 0 saturated carbocycles. The number of aromatic carboxylic acids is 1. The summed E-state index contributed by atoms with van der Waals surface area (Å²) in [5.74, 6) is -0.349. The molecule has 9 nitrogen and oxygen atoms in total. The van der Waals surface area contributed by atoms with Crippen molar-refractivity contribution in [1.82, 2.24) is 15.6 Å². The van der Waals surface area contributed by atoms with Gasteiger partial charge in [-0.2, -0.15) is 13.2 Å². The number of urea groups is 1. The summed E-state index contributed by atoms with van der Waals surface area (Å²) < 4.78 is 50.4. The van der Waals surface area contributed by atoms with Crippen molar-refractivity contribution < 1.29 is 37.3 Å². The van der Waals surface area contributed by atoms with Crippen LogP contribution in [0.25, 0.3) is 0 Å². The highest BCUT2D eigenvalue weighted by molar-refractivity contribution is 5.91. The number of alkyl halides is 3. The van der Waals surface area contributed by atoms with Crippen LogP contribution in [-0.2, 0) is 12.7 Å². The summed E-state index contributed by atoms with van der Waals surface area (Å²) in [6.45, 7) is 0.747. The molecule has 2 aromatic carbocycles. The molecule has 3 rings (SSSR count). The Balaban J connectivity index is 1.60. The Morgan fingerprint density at radius 3 is 2.44 bits per heavy atom. The fourth-order valence-corrected chi connectivity index (χ4v) is 2.94. The maximum absolute atomic E-state index is 13.1. The molecule has 190 valence electrons. The number of ether oxygens (including phenoxy) is 2. The number of hydrogen-bond acceptors (Lipinski definition) is 6. The quantitative estimate of drug-likeness (QED) is 0.300.